The van der Waals surface area contributed by atoms with Crippen LogP contribution < -0.4 is 5.32 Å². The maximum atomic E-state index is 12.3. The van der Waals surface area contributed by atoms with Gasteiger partial charge < -0.3 is 15.3 Å². The first-order chi connectivity index (χ1) is 9.99. The molecular formula is C15H20N2O3S. The number of nitrogens with zero attached hydrogens (tertiary/aromatic N) is 1. The second-order valence-corrected chi connectivity index (χ2v) is 6.48. The topological polar surface area (TPSA) is 69.6 Å². The lowest BCUT2D eigenvalue weighted by Crippen LogP contribution is -2.51. The van der Waals surface area contributed by atoms with E-state index in [-0.39, 0.29) is 6.03 Å². The van der Waals surface area contributed by atoms with E-state index in [0.29, 0.717) is 23.9 Å². The summed E-state index contributed by atoms with van der Waals surface area (Å²) in [5, 5.41) is 12.0. The fourth-order valence-electron chi connectivity index (χ4n) is 2.22. The van der Waals surface area contributed by atoms with Crippen molar-refractivity contribution in [1.29, 1.82) is 0 Å². The largest absolute Gasteiger partial charge is 0.480 e. The minimum atomic E-state index is -0.951. The number of anilines is 1. The molecule has 21 heavy (non-hydrogen) atoms. The average Bonchev–Trinajstić information content (AvgIpc) is 2.47. The molecule has 0 aliphatic carbocycles. The number of carboxylic acid groups (broad SMARTS) is 1. The lowest BCUT2D eigenvalue weighted by atomic mass is 10.0. The highest BCUT2D eigenvalue weighted by molar-refractivity contribution is 7.99. The predicted octanol–water partition coefficient (Wildman–Crippen LogP) is 2.84. The zero-order chi connectivity index (χ0) is 15.4. The highest BCUT2D eigenvalue weighted by Gasteiger charge is 2.32. The second kappa shape index (κ2) is 6.85. The van der Waals surface area contributed by atoms with Gasteiger partial charge in [0.15, 0.2) is 0 Å². The Labute approximate surface area is 128 Å². The summed E-state index contributed by atoms with van der Waals surface area (Å²) in [6.07, 6.45) is 0. The van der Waals surface area contributed by atoms with Gasteiger partial charge in [0.1, 0.15) is 6.04 Å². The van der Waals surface area contributed by atoms with E-state index in [1.807, 2.05) is 24.3 Å². The Morgan fingerprint density at radius 3 is 2.86 bits per heavy atom. The Morgan fingerprint density at radius 1 is 1.43 bits per heavy atom. The van der Waals surface area contributed by atoms with Crippen LogP contribution in [0.25, 0.3) is 0 Å². The number of carboxylic acids is 1. The quantitative estimate of drug-likeness (QED) is 0.901. The molecule has 1 atom stereocenters. The molecule has 6 heteroatoms. The summed E-state index contributed by atoms with van der Waals surface area (Å²) < 4.78 is 0. The van der Waals surface area contributed by atoms with E-state index in [1.165, 1.54) is 4.90 Å². The van der Waals surface area contributed by atoms with Crippen LogP contribution in [0.1, 0.15) is 25.3 Å². The smallest absolute Gasteiger partial charge is 0.327 e. The van der Waals surface area contributed by atoms with Crippen LogP contribution in [-0.2, 0) is 4.79 Å². The van der Waals surface area contributed by atoms with Gasteiger partial charge in [-0.3, -0.25) is 0 Å². The second-order valence-electron chi connectivity index (χ2n) is 5.33. The summed E-state index contributed by atoms with van der Waals surface area (Å²) in [5.74, 6) is 0.631. The van der Waals surface area contributed by atoms with E-state index in [4.69, 9.17) is 0 Å². The van der Waals surface area contributed by atoms with Crippen LogP contribution in [0.3, 0.4) is 0 Å². The number of thioether (sulfide) groups is 1. The molecule has 1 aromatic carbocycles. The van der Waals surface area contributed by atoms with Crippen molar-refractivity contribution in [3.63, 3.8) is 0 Å². The summed E-state index contributed by atoms with van der Waals surface area (Å²) in [6, 6.07) is 6.56. The van der Waals surface area contributed by atoms with Crippen molar-refractivity contribution in [2.75, 3.05) is 23.4 Å². The van der Waals surface area contributed by atoms with Crippen LogP contribution in [0.4, 0.5) is 10.5 Å². The van der Waals surface area contributed by atoms with Gasteiger partial charge in [-0.1, -0.05) is 26.0 Å². The third-order valence-corrected chi connectivity index (χ3v) is 4.50. The normalized spacial score (nSPS) is 18.6. The number of aliphatic carboxylic acids is 1. The number of carbonyl (C=O) groups excluding carboxylic acids is 1. The van der Waals surface area contributed by atoms with Crippen LogP contribution in [0.2, 0.25) is 0 Å². The molecule has 0 bridgehead atoms. The van der Waals surface area contributed by atoms with Crippen molar-refractivity contribution in [2.45, 2.75) is 25.8 Å². The number of hydrogen-bond donors (Lipinski definition) is 2. The van der Waals surface area contributed by atoms with E-state index in [9.17, 15) is 14.7 Å². The van der Waals surface area contributed by atoms with Crippen molar-refractivity contribution in [3.05, 3.63) is 29.8 Å². The molecule has 1 fully saturated rings. The minimum absolute atomic E-state index is 0.344. The van der Waals surface area contributed by atoms with Gasteiger partial charge in [0.2, 0.25) is 0 Å². The van der Waals surface area contributed by atoms with E-state index >= 15 is 0 Å². The molecule has 1 aliphatic heterocycles. The Kier molecular flexibility index (Phi) is 5.12. The molecule has 114 valence electrons. The number of amides is 2. The number of rotatable bonds is 3. The van der Waals surface area contributed by atoms with Gasteiger partial charge in [0.25, 0.3) is 0 Å². The summed E-state index contributed by atoms with van der Waals surface area (Å²) in [6.45, 7) is 4.63. The minimum Gasteiger partial charge on any atom is -0.480 e. The van der Waals surface area contributed by atoms with Crippen LogP contribution in [0, 0.1) is 0 Å². The first kappa shape index (κ1) is 15.7. The van der Waals surface area contributed by atoms with E-state index in [1.54, 1.807) is 11.8 Å². The first-order valence-electron chi connectivity index (χ1n) is 6.97. The SMILES string of the molecule is CC(C)c1cccc(NC(=O)N2CCSCC2C(=O)O)c1. The van der Waals surface area contributed by atoms with Crippen molar-refractivity contribution in [2.24, 2.45) is 0 Å². The predicted molar refractivity (Wildman–Crippen MR) is 85.0 cm³/mol. The van der Waals surface area contributed by atoms with E-state index in [2.05, 4.69) is 19.2 Å². The average molecular weight is 308 g/mol. The van der Waals surface area contributed by atoms with Crippen molar-refractivity contribution in [1.82, 2.24) is 4.90 Å². The molecule has 1 unspecified atom stereocenters. The van der Waals surface area contributed by atoms with Gasteiger partial charge in [0.05, 0.1) is 0 Å². The molecule has 2 N–H and O–H groups in total. The summed E-state index contributed by atoms with van der Waals surface area (Å²) in [4.78, 5) is 24.9. The molecule has 2 rings (SSSR count). The molecule has 2 amide bonds. The zero-order valence-corrected chi connectivity index (χ0v) is 13.0. The molecule has 0 aromatic heterocycles. The maximum absolute atomic E-state index is 12.3. The molecule has 5 nitrogen and oxygen atoms in total. The van der Waals surface area contributed by atoms with Crippen LogP contribution in [0.15, 0.2) is 24.3 Å². The standard InChI is InChI=1S/C15H20N2O3S/c1-10(2)11-4-3-5-12(8-11)16-15(20)17-6-7-21-9-13(17)14(18)19/h3-5,8,10,13H,6-7,9H2,1-2H3,(H,16,20)(H,18,19). The number of hydrogen-bond acceptors (Lipinski definition) is 3. The Balaban J connectivity index is 2.09. The lowest BCUT2D eigenvalue weighted by Gasteiger charge is -2.32. The van der Waals surface area contributed by atoms with Gasteiger partial charge in [-0.05, 0) is 23.6 Å². The maximum Gasteiger partial charge on any atom is 0.327 e. The fourth-order valence-corrected chi connectivity index (χ4v) is 3.26. The lowest BCUT2D eigenvalue weighted by molar-refractivity contribution is -0.141. The van der Waals surface area contributed by atoms with Crippen LogP contribution in [0.5, 0.6) is 0 Å². The Morgan fingerprint density at radius 2 is 2.19 bits per heavy atom. The molecule has 0 radical (unpaired) electrons. The Bertz CT molecular complexity index is 533. The number of nitrogens with one attached hydrogen (secondary N) is 1. The van der Waals surface area contributed by atoms with Gasteiger partial charge in [-0.15, -0.1) is 0 Å². The van der Waals surface area contributed by atoms with Gasteiger partial charge in [-0.25, -0.2) is 9.59 Å². The molecule has 1 aromatic rings. The molecule has 0 saturated carbocycles. The third kappa shape index (κ3) is 3.91. The number of benzene rings is 1. The summed E-state index contributed by atoms with van der Waals surface area (Å²) >= 11 is 1.56. The summed E-state index contributed by atoms with van der Waals surface area (Å²) in [7, 11) is 0. The monoisotopic (exact) mass is 308 g/mol. The molecule has 1 aliphatic rings. The van der Waals surface area contributed by atoms with Crippen molar-refractivity contribution in [3.8, 4) is 0 Å². The van der Waals surface area contributed by atoms with E-state index in [0.717, 1.165) is 11.3 Å². The molecular weight excluding hydrogens is 288 g/mol. The highest BCUT2D eigenvalue weighted by atomic mass is 32.2. The fraction of sp³-hybridized carbons (Fsp3) is 0.467. The number of urea groups is 1. The summed E-state index contributed by atoms with van der Waals surface area (Å²) in [5.41, 5.74) is 1.84. The third-order valence-electron chi connectivity index (χ3n) is 3.48. The van der Waals surface area contributed by atoms with Gasteiger partial charge in [0, 0.05) is 23.7 Å². The van der Waals surface area contributed by atoms with Crippen LogP contribution in [-0.4, -0.2) is 46.1 Å². The van der Waals surface area contributed by atoms with Gasteiger partial charge >= 0.3 is 12.0 Å². The highest BCUT2D eigenvalue weighted by Crippen LogP contribution is 2.21. The van der Waals surface area contributed by atoms with Gasteiger partial charge in [-0.2, -0.15) is 11.8 Å². The zero-order valence-electron chi connectivity index (χ0n) is 12.2. The van der Waals surface area contributed by atoms with Crippen molar-refractivity contribution >= 4 is 29.4 Å². The molecule has 1 heterocycles. The van der Waals surface area contributed by atoms with Crippen LogP contribution >= 0.6 is 11.8 Å². The van der Waals surface area contributed by atoms with Crippen molar-refractivity contribution < 1.29 is 14.7 Å². The van der Waals surface area contributed by atoms with E-state index < -0.39 is 12.0 Å². The molecule has 1 saturated heterocycles. The molecule has 0 spiro atoms. The first-order valence-corrected chi connectivity index (χ1v) is 8.12. The Hall–Kier alpha value is -1.69. The number of carbonyl (C=O) groups is 2.